The number of aliphatic hydroxyl groups excluding tert-OH is 2. The van der Waals surface area contributed by atoms with E-state index in [0.29, 0.717) is 6.26 Å². The van der Waals surface area contributed by atoms with Crippen molar-refractivity contribution in [3.05, 3.63) is 17.8 Å². The molecule has 0 bridgehead atoms. The highest BCUT2D eigenvalue weighted by Gasteiger charge is 1.64. The molecule has 0 rings (SSSR count). The van der Waals surface area contributed by atoms with E-state index in [2.05, 4.69) is 5.73 Å². The van der Waals surface area contributed by atoms with Gasteiger partial charge >= 0.3 is 0 Å². The third kappa shape index (κ3) is 3.12. The van der Waals surface area contributed by atoms with Crippen LogP contribution in [0.3, 0.4) is 0 Å². The van der Waals surface area contributed by atoms with Crippen LogP contribution < -0.4 is 0 Å². The van der Waals surface area contributed by atoms with E-state index < -0.39 is 0 Å². The molecule has 0 aromatic carbocycles. The largest absolute Gasteiger partial charge is 0.507 e. The second-order valence-electron chi connectivity index (χ2n) is 0.859. The Kier molecular flexibility index (Phi) is 2.02. The summed E-state index contributed by atoms with van der Waals surface area (Å²) >= 11 is 0. The van der Waals surface area contributed by atoms with E-state index in [9.17, 15) is 0 Å². The number of hydrogen-bond donors (Lipinski definition) is 2. The number of rotatable bonds is 0. The summed E-state index contributed by atoms with van der Waals surface area (Å²) in [7, 11) is 0. The average molecular weight is 86.1 g/mol. The van der Waals surface area contributed by atoms with E-state index in [4.69, 9.17) is 10.2 Å². The van der Waals surface area contributed by atoms with Crippen molar-refractivity contribution in [3.8, 4) is 0 Å². The number of allylic oxidation sites excluding steroid dienone is 1. The van der Waals surface area contributed by atoms with Crippen molar-refractivity contribution < 1.29 is 10.2 Å². The van der Waals surface area contributed by atoms with Crippen molar-refractivity contribution >= 4 is 0 Å². The molecule has 0 aliphatic carbocycles. The average Bonchev–Trinajstić information content (AvgIpc) is 1.35. The third-order valence-corrected chi connectivity index (χ3v) is 0.273. The first-order valence-corrected chi connectivity index (χ1v) is 1.52. The molecule has 0 atom stereocenters. The third-order valence-electron chi connectivity index (χ3n) is 0.273. The van der Waals surface area contributed by atoms with Crippen LogP contribution in [0.25, 0.3) is 0 Å². The lowest BCUT2D eigenvalue weighted by Crippen LogP contribution is -1.59. The van der Waals surface area contributed by atoms with Crippen molar-refractivity contribution in [2.75, 3.05) is 0 Å². The summed E-state index contributed by atoms with van der Waals surface area (Å²) in [5.74, 6) is -0.0162. The molecule has 0 amide bonds. The zero-order valence-corrected chi connectivity index (χ0v) is 3.47. The smallest absolute Gasteiger partial charge is 0.135 e. The molecule has 0 saturated carbocycles. The van der Waals surface area contributed by atoms with Gasteiger partial charge in [0.15, 0.2) is 0 Å². The molecular formula is C4H6O2. The first kappa shape index (κ1) is 5.12. The van der Waals surface area contributed by atoms with Gasteiger partial charge in [-0.15, -0.1) is 0 Å². The minimum absolute atomic E-state index is 0.0162. The maximum atomic E-state index is 8.17. The fraction of sp³-hybridized carbons (Fsp3) is 0.250. The summed E-state index contributed by atoms with van der Waals surface area (Å²) in [6.45, 7) is 1.42. The van der Waals surface area contributed by atoms with Crippen molar-refractivity contribution in [2.45, 2.75) is 6.92 Å². The normalized spacial score (nSPS) is 6.17. The highest BCUT2D eigenvalue weighted by Crippen LogP contribution is 1.73. The molecule has 2 nitrogen and oxygen atoms in total. The molecule has 0 unspecified atom stereocenters. The van der Waals surface area contributed by atoms with Gasteiger partial charge in [-0.3, -0.25) is 0 Å². The Bertz CT molecular complexity index is 83.7. The van der Waals surface area contributed by atoms with E-state index in [1.165, 1.54) is 6.92 Å². The summed E-state index contributed by atoms with van der Waals surface area (Å²) in [6.07, 6.45) is 0.662. The van der Waals surface area contributed by atoms with Crippen LogP contribution in [0.5, 0.6) is 0 Å². The molecule has 0 heterocycles. The summed E-state index contributed by atoms with van der Waals surface area (Å²) < 4.78 is 0. The van der Waals surface area contributed by atoms with E-state index in [0.717, 1.165) is 0 Å². The van der Waals surface area contributed by atoms with E-state index in [-0.39, 0.29) is 5.76 Å². The van der Waals surface area contributed by atoms with Gasteiger partial charge in [-0.05, 0) is 5.73 Å². The quantitative estimate of drug-likeness (QED) is 0.342. The summed E-state index contributed by atoms with van der Waals surface area (Å²) in [6, 6.07) is 0. The van der Waals surface area contributed by atoms with Crippen LogP contribution >= 0.6 is 0 Å². The van der Waals surface area contributed by atoms with Crippen LogP contribution in [0.4, 0.5) is 0 Å². The van der Waals surface area contributed by atoms with E-state index in [1.54, 1.807) is 0 Å². The first-order chi connectivity index (χ1) is 2.77. The Morgan fingerprint density at radius 1 is 1.83 bits per heavy atom. The van der Waals surface area contributed by atoms with Crippen molar-refractivity contribution in [2.24, 2.45) is 0 Å². The molecule has 2 heteroatoms. The standard InChI is InChI=1S/C4H6O2/c1-4(6)2-3-5/h3,5-6H,1H3. The van der Waals surface area contributed by atoms with Crippen LogP contribution in [0, 0.1) is 0 Å². The van der Waals surface area contributed by atoms with Gasteiger partial charge in [-0.2, -0.15) is 0 Å². The van der Waals surface area contributed by atoms with Crippen LogP contribution in [-0.2, 0) is 0 Å². The molecule has 2 N–H and O–H groups in total. The fourth-order valence-electron chi connectivity index (χ4n) is 0.0934. The molecular weight excluding hydrogens is 80.0 g/mol. The second kappa shape index (κ2) is 2.36. The number of aliphatic hydroxyl groups is 2. The fourth-order valence-corrected chi connectivity index (χ4v) is 0.0934. The Labute approximate surface area is 36.0 Å². The van der Waals surface area contributed by atoms with Gasteiger partial charge in [0.1, 0.15) is 12.0 Å². The van der Waals surface area contributed by atoms with Crippen molar-refractivity contribution in [3.63, 3.8) is 0 Å². The Morgan fingerprint density at radius 2 is 2.33 bits per heavy atom. The van der Waals surface area contributed by atoms with E-state index in [1.807, 2.05) is 0 Å². The van der Waals surface area contributed by atoms with E-state index >= 15 is 0 Å². The van der Waals surface area contributed by atoms with Gasteiger partial charge in [0.2, 0.25) is 0 Å². The molecule has 0 aliphatic heterocycles. The monoisotopic (exact) mass is 86.0 g/mol. The maximum Gasteiger partial charge on any atom is 0.135 e. The van der Waals surface area contributed by atoms with Gasteiger partial charge < -0.3 is 10.2 Å². The first-order valence-electron chi connectivity index (χ1n) is 1.52. The molecule has 0 saturated heterocycles. The van der Waals surface area contributed by atoms with Crippen LogP contribution in [0.15, 0.2) is 17.8 Å². The molecule has 34 valence electrons. The lowest BCUT2D eigenvalue weighted by atomic mass is 10.6. The topological polar surface area (TPSA) is 40.5 Å². The molecule has 0 radical (unpaired) electrons. The summed E-state index contributed by atoms with van der Waals surface area (Å²) in [4.78, 5) is 0. The second-order valence-corrected chi connectivity index (χ2v) is 0.859. The maximum absolute atomic E-state index is 8.17. The highest BCUT2D eigenvalue weighted by molar-refractivity contribution is 4.81. The SMILES string of the molecule is CC(O)=C=CO. The minimum atomic E-state index is -0.0162. The zero-order valence-electron chi connectivity index (χ0n) is 3.47. The lowest BCUT2D eigenvalue weighted by molar-refractivity contribution is 0.411. The molecule has 0 aromatic rings. The van der Waals surface area contributed by atoms with Gasteiger partial charge in [0, 0.05) is 6.92 Å². The molecule has 0 aliphatic rings. The van der Waals surface area contributed by atoms with Gasteiger partial charge in [-0.25, -0.2) is 0 Å². The van der Waals surface area contributed by atoms with Crippen molar-refractivity contribution in [1.82, 2.24) is 0 Å². The molecule has 6 heavy (non-hydrogen) atoms. The summed E-state index contributed by atoms with van der Waals surface area (Å²) in [5.41, 5.74) is 2.11. The van der Waals surface area contributed by atoms with Crippen LogP contribution in [0.1, 0.15) is 6.92 Å². The minimum Gasteiger partial charge on any atom is -0.507 e. The van der Waals surface area contributed by atoms with Gasteiger partial charge in [-0.1, -0.05) is 0 Å². The highest BCUT2D eigenvalue weighted by atomic mass is 16.3. The van der Waals surface area contributed by atoms with Gasteiger partial charge in [0.05, 0.1) is 0 Å². The molecule has 0 spiro atoms. The molecule has 0 fully saturated rings. The molecule has 0 aromatic heterocycles. The lowest BCUT2D eigenvalue weighted by Gasteiger charge is -1.71. The predicted molar refractivity (Wildman–Crippen MR) is 22.5 cm³/mol. The predicted octanol–water partition coefficient (Wildman–Crippen LogP) is 1.12. The van der Waals surface area contributed by atoms with Crippen LogP contribution in [-0.4, -0.2) is 10.2 Å². The van der Waals surface area contributed by atoms with Gasteiger partial charge in [0.25, 0.3) is 0 Å². The Balaban J connectivity index is 3.73. The Morgan fingerprint density at radius 3 is 2.33 bits per heavy atom. The van der Waals surface area contributed by atoms with Crippen LogP contribution in [0.2, 0.25) is 0 Å². The Hall–Kier alpha value is -0.880. The summed E-state index contributed by atoms with van der Waals surface area (Å²) in [5, 5.41) is 16.0. The zero-order chi connectivity index (χ0) is 4.99. The number of hydrogen-bond acceptors (Lipinski definition) is 2. The van der Waals surface area contributed by atoms with Crippen molar-refractivity contribution in [1.29, 1.82) is 0 Å².